The van der Waals surface area contributed by atoms with Gasteiger partial charge in [0, 0.05) is 17.5 Å². The molecule has 0 saturated heterocycles. The van der Waals surface area contributed by atoms with E-state index in [0.29, 0.717) is 11.5 Å². The van der Waals surface area contributed by atoms with Gasteiger partial charge in [0.25, 0.3) is 0 Å². The Hall–Kier alpha value is -2.04. The molecule has 0 aromatic heterocycles. The van der Waals surface area contributed by atoms with Gasteiger partial charge in [-0.1, -0.05) is 19.3 Å². The lowest BCUT2D eigenvalue weighted by molar-refractivity contribution is -0.125. The molecule has 1 aromatic rings. The van der Waals surface area contributed by atoms with Crippen molar-refractivity contribution in [2.45, 2.75) is 39.0 Å². The summed E-state index contributed by atoms with van der Waals surface area (Å²) in [6.07, 6.45) is 5.42. The number of carbonyl (C=O) groups excluding carboxylic acids is 1. The summed E-state index contributed by atoms with van der Waals surface area (Å²) >= 11 is 0. The first-order chi connectivity index (χ1) is 10.7. The van der Waals surface area contributed by atoms with Gasteiger partial charge < -0.3 is 9.47 Å². The minimum absolute atomic E-state index is 0.0199. The molecular formula is C17H24N2O3. The Kier molecular flexibility index (Phi) is 5.81. The predicted octanol–water partition coefficient (Wildman–Crippen LogP) is 3.12. The van der Waals surface area contributed by atoms with Crippen LogP contribution in [0.3, 0.4) is 0 Å². The fourth-order valence-electron chi connectivity index (χ4n) is 2.75. The molecule has 0 aliphatic heterocycles. The van der Waals surface area contributed by atoms with Crippen molar-refractivity contribution in [2.24, 2.45) is 11.0 Å². The lowest BCUT2D eigenvalue weighted by atomic mass is 9.89. The minimum atomic E-state index is 0.0199. The Balaban J connectivity index is 2.06. The van der Waals surface area contributed by atoms with Crippen LogP contribution < -0.4 is 14.9 Å². The Morgan fingerprint density at radius 3 is 2.55 bits per heavy atom. The summed E-state index contributed by atoms with van der Waals surface area (Å²) in [4.78, 5) is 12.1. The third kappa shape index (κ3) is 4.00. The Bertz CT molecular complexity index is 549. The number of hydrogen-bond acceptors (Lipinski definition) is 4. The van der Waals surface area contributed by atoms with Crippen LogP contribution in [0.1, 0.15) is 44.6 Å². The largest absolute Gasteiger partial charge is 0.497 e. The third-order valence-corrected chi connectivity index (χ3v) is 4.11. The molecule has 0 atom stereocenters. The summed E-state index contributed by atoms with van der Waals surface area (Å²) in [6, 6.07) is 5.53. The molecule has 120 valence electrons. The van der Waals surface area contributed by atoms with Gasteiger partial charge in [-0.2, -0.15) is 5.10 Å². The molecule has 5 heteroatoms. The Morgan fingerprint density at radius 2 is 1.91 bits per heavy atom. The van der Waals surface area contributed by atoms with E-state index in [9.17, 15) is 4.79 Å². The number of benzene rings is 1. The van der Waals surface area contributed by atoms with E-state index >= 15 is 0 Å². The first-order valence-electron chi connectivity index (χ1n) is 7.72. The van der Waals surface area contributed by atoms with Crippen LogP contribution in [0.15, 0.2) is 23.3 Å². The number of nitrogens with zero attached hydrogens (tertiary/aromatic N) is 1. The van der Waals surface area contributed by atoms with E-state index in [1.807, 2.05) is 19.1 Å². The molecule has 1 fully saturated rings. The molecular weight excluding hydrogens is 280 g/mol. The molecule has 0 bridgehead atoms. The van der Waals surface area contributed by atoms with Crippen LogP contribution in [0.25, 0.3) is 0 Å². The van der Waals surface area contributed by atoms with Crippen LogP contribution in [-0.2, 0) is 4.79 Å². The number of hydrazone groups is 1. The van der Waals surface area contributed by atoms with E-state index in [2.05, 4.69) is 10.5 Å². The fraction of sp³-hybridized carbons (Fsp3) is 0.529. The maximum absolute atomic E-state index is 12.1. The van der Waals surface area contributed by atoms with E-state index in [1.165, 1.54) is 6.42 Å². The van der Waals surface area contributed by atoms with E-state index in [1.54, 1.807) is 20.3 Å². The van der Waals surface area contributed by atoms with Crippen LogP contribution in [0.4, 0.5) is 0 Å². The molecule has 1 aliphatic rings. The van der Waals surface area contributed by atoms with Crippen LogP contribution in [0.5, 0.6) is 11.5 Å². The van der Waals surface area contributed by atoms with Crippen molar-refractivity contribution < 1.29 is 14.3 Å². The van der Waals surface area contributed by atoms with Crippen LogP contribution in [0, 0.1) is 5.92 Å². The highest BCUT2D eigenvalue weighted by atomic mass is 16.5. The van der Waals surface area contributed by atoms with Crippen LogP contribution in [0.2, 0.25) is 0 Å². The lowest BCUT2D eigenvalue weighted by Crippen LogP contribution is -2.29. The van der Waals surface area contributed by atoms with E-state index in [0.717, 1.165) is 37.0 Å². The fourth-order valence-corrected chi connectivity index (χ4v) is 2.75. The quantitative estimate of drug-likeness (QED) is 0.671. The summed E-state index contributed by atoms with van der Waals surface area (Å²) in [5, 5.41) is 4.23. The van der Waals surface area contributed by atoms with E-state index < -0.39 is 0 Å². The van der Waals surface area contributed by atoms with Gasteiger partial charge in [0.05, 0.1) is 19.9 Å². The van der Waals surface area contributed by atoms with E-state index in [4.69, 9.17) is 9.47 Å². The van der Waals surface area contributed by atoms with E-state index in [-0.39, 0.29) is 11.8 Å². The first-order valence-corrected chi connectivity index (χ1v) is 7.72. The third-order valence-electron chi connectivity index (χ3n) is 4.11. The average Bonchev–Trinajstić information content (AvgIpc) is 2.59. The van der Waals surface area contributed by atoms with Gasteiger partial charge in [-0.15, -0.1) is 0 Å². The topological polar surface area (TPSA) is 59.9 Å². The highest BCUT2D eigenvalue weighted by Gasteiger charge is 2.20. The lowest BCUT2D eigenvalue weighted by Gasteiger charge is -2.19. The molecule has 1 amide bonds. The van der Waals surface area contributed by atoms with Crippen molar-refractivity contribution in [1.29, 1.82) is 0 Å². The second kappa shape index (κ2) is 7.82. The maximum atomic E-state index is 12.1. The number of rotatable bonds is 5. The average molecular weight is 304 g/mol. The predicted molar refractivity (Wildman–Crippen MR) is 86.5 cm³/mol. The van der Waals surface area contributed by atoms with Crippen molar-refractivity contribution in [1.82, 2.24) is 5.43 Å². The second-order valence-electron chi connectivity index (χ2n) is 5.57. The summed E-state index contributed by atoms with van der Waals surface area (Å²) in [7, 11) is 3.21. The Morgan fingerprint density at radius 1 is 1.18 bits per heavy atom. The molecule has 0 radical (unpaired) electrons. The second-order valence-corrected chi connectivity index (χ2v) is 5.57. The summed E-state index contributed by atoms with van der Waals surface area (Å²) in [5.74, 6) is 1.52. The zero-order valence-corrected chi connectivity index (χ0v) is 13.5. The van der Waals surface area contributed by atoms with Crippen LogP contribution in [-0.4, -0.2) is 25.8 Å². The number of hydrogen-bond donors (Lipinski definition) is 1. The zero-order valence-electron chi connectivity index (χ0n) is 13.5. The highest BCUT2D eigenvalue weighted by molar-refractivity contribution is 6.01. The molecule has 22 heavy (non-hydrogen) atoms. The summed E-state index contributed by atoms with van der Waals surface area (Å²) < 4.78 is 10.5. The molecule has 1 N–H and O–H groups in total. The van der Waals surface area contributed by atoms with Crippen molar-refractivity contribution in [3.05, 3.63) is 23.8 Å². The van der Waals surface area contributed by atoms with Crippen molar-refractivity contribution in [3.63, 3.8) is 0 Å². The van der Waals surface area contributed by atoms with Gasteiger partial charge in [0.2, 0.25) is 5.91 Å². The molecule has 1 aliphatic carbocycles. The molecule has 5 nitrogen and oxygen atoms in total. The smallest absolute Gasteiger partial charge is 0.243 e. The van der Waals surface area contributed by atoms with Crippen LogP contribution >= 0.6 is 0 Å². The van der Waals surface area contributed by atoms with Gasteiger partial charge in [0.15, 0.2) is 0 Å². The van der Waals surface area contributed by atoms with Crippen molar-refractivity contribution in [3.8, 4) is 11.5 Å². The minimum Gasteiger partial charge on any atom is -0.497 e. The summed E-state index contributed by atoms with van der Waals surface area (Å²) in [5.41, 5.74) is 4.24. The van der Waals surface area contributed by atoms with Crippen molar-refractivity contribution >= 4 is 11.6 Å². The SMILES string of the molecule is COc1ccc(/C(C)=N/NC(=O)C2CCCCC2)c(OC)c1. The standard InChI is InChI=1S/C17H24N2O3/c1-12(15-10-9-14(21-2)11-16(15)22-3)18-19-17(20)13-7-5-4-6-8-13/h9-11,13H,4-8H2,1-3H3,(H,19,20)/b18-12+. The van der Waals surface area contributed by atoms with Crippen molar-refractivity contribution in [2.75, 3.05) is 14.2 Å². The monoisotopic (exact) mass is 304 g/mol. The zero-order chi connectivity index (χ0) is 15.9. The summed E-state index contributed by atoms with van der Waals surface area (Å²) in [6.45, 7) is 1.85. The number of carbonyl (C=O) groups is 1. The number of ether oxygens (including phenoxy) is 2. The maximum Gasteiger partial charge on any atom is 0.243 e. The number of methoxy groups -OCH3 is 2. The molecule has 0 unspecified atom stereocenters. The van der Waals surface area contributed by atoms with Gasteiger partial charge in [0.1, 0.15) is 11.5 Å². The van der Waals surface area contributed by atoms with Gasteiger partial charge in [-0.25, -0.2) is 5.43 Å². The molecule has 1 saturated carbocycles. The number of nitrogens with one attached hydrogen (secondary N) is 1. The van der Waals surface area contributed by atoms with Gasteiger partial charge >= 0.3 is 0 Å². The van der Waals surface area contributed by atoms with Gasteiger partial charge in [-0.3, -0.25) is 4.79 Å². The molecule has 2 rings (SSSR count). The van der Waals surface area contributed by atoms with Gasteiger partial charge in [-0.05, 0) is 31.9 Å². The highest BCUT2D eigenvalue weighted by Crippen LogP contribution is 2.25. The molecule has 0 spiro atoms. The molecule has 0 heterocycles. The number of amides is 1. The normalized spacial score (nSPS) is 16.2. The molecule has 1 aromatic carbocycles. The Labute approximate surface area is 131 Å². The first kappa shape index (κ1) is 16.3.